The molecule has 3 aromatic rings. The maximum atomic E-state index is 12.1. The number of esters is 1. The van der Waals surface area contributed by atoms with E-state index < -0.39 is 5.97 Å². The Kier molecular flexibility index (Phi) is 4.24. The van der Waals surface area contributed by atoms with E-state index in [1.807, 2.05) is 28.8 Å². The van der Waals surface area contributed by atoms with Crippen molar-refractivity contribution < 1.29 is 9.53 Å². The first-order valence-electron chi connectivity index (χ1n) is 6.70. The number of carbonyl (C=O) groups excluding carboxylic acids is 1. The summed E-state index contributed by atoms with van der Waals surface area (Å²) in [5.41, 5.74) is 2.17. The third-order valence-corrected chi connectivity index (χ3v) is 3.77. The predicted octanol–water partition coefficient (Wildman–Crippen LogP) is 4.47. The van der Waals surface area contributed by atoms with Gasteiger partial charge in [-0.05, 0) is 30.3 Å². The predicted molar refractivity (Wildman–Crippen MR) is 87.7 cm³/mol. The highest BCUT2D eigenvalue weighted by Gasteiger charge is 2.14. The Labute approximate surface area is 142 Å². The number of fused-ring (bicyclic) bond motifs is 1. The fraction of sp³-hybridized carbons (Fsp3) is 0.0588. The van der Waals surface area contributed by atoms with Crippen molar-refractivity contribution in [1.29, 1.82) is 5.26 Å². The molecule has 3 rings (SSSR count). The summed E-state index contributed by atoms with van der Waals surface area (Å²) in [6.45, 7) is -0.00641. The largest absolute Gasteiger partial charge is 0.457 e. The number of pyridine rings is 1. The zero-order valence-corrected chi connectivity index (χ0v) is 13.3. The molecule has 2 aromatic heterocycles. The van der Waals surface area contributed by atoms with Crippen LogP contribution in [-0.4, -0.2) is 10.4 Å². The lowest BCUT2D eigenvalue weighted by atomic mass is 10.2. The van der Waals surface area contributed by atoms with E-state index in [2.05, 4.69) is 6.07 Å². The monoisotopic (exact) mass is 344 g/mol. The second-order valence-electron chi connectivity index (χ2n) is 4.87. The molecule has 1 aromatic carbocycles. The molecular weight excluding hydrogens is 335 g/mol. The number of aromatic nitrogens is 1. The van der Waals surface area contributed by atoms with Gasteiger partial charge in [0.25, 0.3) is 0 Å². The van der Waals surface area contributed by atoms with Crippen molar-refractivity contribution in [2.75, 3.05) is 0 Å². The van der Waals surface area contributed by atoms with Crippen LogP contribution in [0.2, 0.25) is 10.0 Å². The van der Waals surface area contributed by atoms with E-state index in [1.54, 1.807) is 6.20 Å². The van der Waals surface area contributed by atoms with Crippen molar-refractivity contribution in [2.24, 2.45) is 0 Å². The minimum absolute atomic E-state index is 0.00641. The first kappa shape index (κ1) is 15.4. The van der Waals surface area contributed by atoms with Gasteiger partial charge < -0.3 is 9.14 Å². The number of rotatable bonds is 3. The summed E-state index contributed by atoms with van der Waals surface area (Å²) in [6, 6.07) is 12.2. The highest BCUT2D eigenvalue weighted by molar-refractivity contribution is 6.35. The van der Waals surface area contributed by atoms with Crippen molar-refractivity contribution in [1.82, 2.24) is 4.40 Å². The molecule has 0 aliphatic rings. The number of hydrogen-bond donors (Lipinski definition) is 0. The number of halogens is 2. The van der Waals surface area contributed by atoms with Crippen LogP contribution in [-0.2, 0) is 11.3 Å². The zero-order valence-electron chi connectivity index (χ0n) is 11.8. The lowest BCUT2D eigenvalue weighted by molar-refractivity contribution is 0.0472. The Bertz CT molecular complexity index is 921. The molecule has 0 spiro atoms. The minimum Gasteiger partial charge on any atom is -0.457 e. The Hall–Kier alpha value is -2.48. The standard InChI is InChI=1S/C17H10Cl2N2O2/c18-13-5-11(6-14(19)7-13)17(22)23-10-12-9-21-4-2-1-3-16(21)15(12)8-20/h1-7,9H,10H2. The van der Waals surface area contributed by atoms with E-state index in [-0.39, 0.29) is 12.2 Å². The molecule has 0 unspecified atom stereocenters. The fourth-order valence-corrected chi connectivity index (χ4v) is 2.84. The van der Waals surface area contributed by atoms with E-state index in [4.69, 9.17) is 27.9 Å². The van der Waals surface area contributed by atoms with Crippen molar-refractivity contribution in [3.63, 3.8) is 0 Å². The molecule has 0 radical (unpaired) electrons. The second kappa shape index (κ2) is 6.33. The van der Waals surface area contributed by atoms with Crippen molar-refractivity contribution in [2.45, 2.75) is 6.61 Å². The maximum absolute atomic E-state index is 12.1. The molecule has 0 amide bonds. The van der Waals surface area contributed by atoms with Gasteiger partial charge in [-0.1, -0.05) is 29.3 Å². The lowest BCUT2D eigenvalue weighted by Gasteiger charge is -2.05. The van der Waals surface area contributed by atoms with Gasteiger partial charge in [0, 0.05) is 28.0 Å². The summed E-state index contributed by atoms with van der Waals surface area (Å²) in [4.78, 5) is 12.1. The molecule has 23 heavy (non-hydrogen) atoms. The van der Waals surface area contributed by atoms with E-state index >= 15 is 0 Å². The molecule has 6 heteroatoms. The summed E-state index contributed by atoms with van der Waals surface area (Å²) in [6.07, 6.45) is 3.60. The highest BCUT2D eigenvalue weighted by Crippen LogP contribution is 2.22. The average molecular weight is 345 g/mol. The van der Waals surface area contributed by atoms with E-state index in [1.165, 1.54) is 18.2 Å². The lowest BCUT2D eigenvalue weighted by Crippen LogP contribution is -2.05. The van der Waals surface area contributed by atoms with Crippen LogP contribution < -0.4 is 0 Å². The SMILES string of the molecule is N#Cc1c(COC(=O)c2cc(Cl)cc(Cl)c2)cn2ccccc12. The van der Waals surface area contributed by atoms with Crippen molar-refractivity contribution in [3.05, 3.63) is 75.5 Å². The van der Waals surface area contributed by atoms with Gasteiger partial charge in [0.05, 0.1) is 16.6 Å². The van der Waals surface area contributed by atoms with Crippen LogP contribution in [0.5, 0.6) is 0 Å². The third-order valence-electron chi connectivity index (χ3n) is 3.33. The zero-order chi connectivity index (χ0) is 16.4. The molecule has 2 heterocycles. The molecule has 0 fully saturated rings. The van der Waals surface area contributed by atoms with Crippen LogP contribution in [0.25, 0.3) is 5.52 Å². The Morgan fingerprint density at radius 3 is 2.65 bits per heavy atom. The minimum atomic E-state index is -0.548. The number of carbonyl (C=O) groups is 1. The van der Waals surface area contributed by atoms with E-state index in [9.17, 15) is 10.1 Å². The van der Waals surface area contributed by atoms with Gasteiger partial charge in [0.2, 0.25) is 0 Å². The molecule has 0 N–H and O–H groups in total. The van der Waals surface area contributed by atoms with Gasteiger partial charge in [0.15, 0.2) is 0 Å². The molecule has 0 saturated carbocycles. The Balaban J connectivity index is 1.83. The van der Waals surface area contributed by atoms with Gasteiger partial charge in [-0.15, -0.1) is 0 Å². The van der Waals surface area contributed by atoms with Crippen LogP contribution in [0.15, 0.2) is 48.8 Å². The second-order valence-corrected chi connectivity index (χ2v) is 5.74. The van der Waals surface area contributed by atoms with Crippen molar-refractivity contribution in [3.8, 4) is 6.07 Å². The Morgan fingerprint density at radius 1 is 1.22 bits per heavy atom. The van der Waals surface area contributed by atoms with E-state index in [0.717, 1.165) is 5.52 Å². The van der Waals surface area contributed by atoms with Crippen LogP contribution in [0.3, 0.4) is 0 Å². The number of nitrogens with zero attached hydrogens (tertiary/aromatic N) is 2. The number of benzene rings is 1. The summed E-state index contributed by atoms with van der Waals surface area (Å²) in [7, 11) is 0. The average Bonchev–Trinajstić information content (AvgIpc) is 2.89. The maximum Gasteiger partial charge on any atom is 0.338 e. The number of hydrogen-bond acceptors (Lipinski definition) is 3. The normalized spacial score (nSPS) is 10.5. The molecule has 114 valence electrons. The molecule has 0 atom stereocenters. The number of ether oxygens (including phenoxy) is 1. The first-order valence-corrected chi connectivity index (χ1v) is 7.46. The van der Waals surface area contributed by atoms with E-state index in [0.29, 0.717) is 21.2 Å². The summed E-state index contributed by atoms with van der Waals surface area (Å²) in [5.74, 6) is -0.548. The molecule has 0 aliphatic heterocycles. The van der Waals surface area contributed by atoms with Gasteiger partial charge >= 0.3 is 5.97 Å². The van der Waals surface area contributed by atoms with Gasteiger partial charge in [-0.2, -0.15) is 5.26 Å². The number of nitriles is 1. The fourth-order valence-electron chi connectivity index (χ4n) is 2.31. The van der Waals surface area contributed by atoms with Crippen LogP contribution in [0, 0.1) is 11.3 Å². The molecule has 4 nitrogen and oxygen atoms in total. The molecule has 0 saturated heterocycles. The summed E-state index contributed by atoms with van der Waals surface area (Å²) in [5, 5.41) is 10.0. The topological polar surface area (TPSA) is 54.5 Å². The van der Waals surface area contributed by atoms with Gasteiger partial charge in [-0.25, -0.2) is 4.79 Å². The molecule has 0 aliphatic carbocycles. The Morgan fingerprint density at radius 2 is 1.96 bits per heavy atom. The smallest absolute Gasteiger partial charge is 0.338 e. The summed E-state index contributed by atoms with van der Waals surface area (Å²) >= 11 is 11.7. The molecular formula is C17H10Cl2N2O2. The summed E-state index contributed by atoms with van der Waals surface area (Å²) < 4.78 is 7.09. The van der Waals surface area contributed by atoms with Crippen LogP contribution >= 0.6 is 23.2 Å². The van der Waals surface area contributed by atoms with Crippen molar-refractivity contribution >= 4 is 34.7 Å². The first-order chi connectivity index (χ1) is 11.1. The van der Waals surface area contributed by atoms with Gasteiger partial charge in [-0.3, -0.25) is 0 Å². The van der Waals surface area contributed by atoms with Crippen LogP contribution in [0.1, 0.15) is 21.5 Å². The third kappa shape index (κ3) is 3.16. The van der Waals surface area contributed by atoms with Crippen LogP contribution in [0.4, 0.5) is 0 Å². The highest BCUT2D eigenvalue weighted by atomic mass is 35.5. The molecule has 0 bridgehead atoms. The quantitative estimate of drug-likeness (QED) is 0.658. The van der Waals surface area contributed by atoms with Gasteiger partial charge in [0.1, 0.15) is 12.7 Å².